The van der Waals surface area contributed by atoms with E-state index < -0.39 is 0 Å². The third-order valence-electron chi connectivity index (χ3n) is 3.90. The Hall–Kier alpha value is -1.82. The third-order valence-corrected chi connectivity index (χ3v) is 3.90. The van der Waals surface area contributed by atoms with E-state index in [0.717, 1.165) is 24.9 Å². The van der Waals surface area contributed by atoms with Crippen molar-refractivity contribution in [2.45, 2.75) is 39.2 Å². The molecule has 1 fully saturated rings. The second-order valence-corrected chi connectivity index (χ2v) is 5.55. The molecule has 0 aliphatic carbocycles. The van der Waals surface area contributed by atoms with Crippen LogP contribution in [0.2, 0.25) is 0 Å². The van der Waals surface area contributed by atoms with E-state index >= 15 is 0 Å². The predicted octanol–water partition coefficient (Wildman–Crippen LogP) is 2.75. The maximum absolute atomic E-state index is 12.3. The van der Waals surface area contributed by atoms with Gasteiger partial charge in [0.1, 0.15) is 0 Å². The highest BCUT2D eigenvalue weighted by atomic mass is 16.2. The van der Waals surface area contributed by atoms with E-state index in [4.69, 9.17) is 5.26 Å². The first-order chi connectivity index (χ1) is 9.10. The second kappa shape index (κ2) is 5.88. The summed E-state index contributed by atoms with van der Waals surface area (Å²) in [5, 5.41) is 8.75. The minimum Gasteiger partial charge on any atom is -0.340 e. The molecule has 1 aliphatic heterocycles. The molecule has 0 spiro atoms. The van der Waals surface area contributed by atoms with Gasteiger partial charge in [-0.25, -0.2) is 0 Å². The summed E-state index contributed by atoms with van der Waals surface area (Å²) in [6, 6.07) is 9.70. The average molecular weight is 256 g/mol. The summed E-state index contributed by atoms with van der Waals surface area (Å²) in [7, 11) is 0. The van der Waals surface area contributed by atoms with Crippen molar-refractivity contribution in [2.75, 3.05) is 6.54 Å². The predicted molar refractivity (Wildman–Crippen MR) is 74.4 cm³/mol. The largest absolute Gasteiger partial charge is 0.340 e. The summed E-state index contributed by atoms with van der Waals surface area (Å²) >= 11 is 0. The van der Waals surface area contributed by atoms with Gasteiger partial charge in [-0.15, -0.1) is 0 Å². The van der Waals surface area contributed by atoms with Crippen LogP contribution in [0.1, 0.15) is 37.8 Å². The molecule has 2 rings (SSSR count). The Morgan fingerprint density at radius 3 is 2.63 bits per heavy atom. The van der Waals surface area contributed by atoms with Crippen molar-refractivity contribution >= 4 is 5.91 Å². The van der Waals surface area contributed by atoms with Crippen LogP contribution < -0.4 is 0 Å². The maximum atomic E-state index is 12.3. The molecule has 0 saturated carbocycles. The molecule has 1 aliphatic rings. The molecule has 1 heterocycles. The lowest BCUT2D eigenvalue weighted by Gasteiger charge is -2.36. The number of rotatable bonds is 2. The Bertz CT molecular complexity index is 486. The molecule has 1 aromatic rings. The Kier molecular flexibility index (Phi) is 4.21. The Balaban J connectivity index is 1.98. The molecule has 3 nitrogen and oxygen atoms in total. The molecule has 19 heavy (non-hydrogen) atoms. The minimum atomic E-state index is 0.198. The summed E-state index contributed by atoms with van der Waals surface area (Å²) in [5.74, 6) is 0.915. The second-order valence-electron chi connectivity index (χ2n) is 5.55. The summed E-state index contributed by atoms with van der Waals surface area (Å²) < 4.78 is 0. The molecule has 2 unspecified atom stereocenters. The highest BCUT2D eigenvalue weighted by Crippen LogP contribution is 2.22. The smallest absolute Gasteiger partial charge is 0.227 e. The zero-order chi connectivity index (χ0) is 13.8. The molecule has 2 atom stereocenters. The van der Waals surface area contributed by atoms with E-state index in [2.05, 4.69) is 19.9 Å². The molecule has 0 N–H and O–H groups in total. The number of benzene rings is 1. The van der Waals surface area contributed by atoms with Crippen molar-refractivity contribution in [3.05, 3.63) is 35.4 Å². The Morgan fingerprint density at radius 2 is 2.05 bits per heavy atom. The van der Waals surface area contributed by atoms with Crippen LogP contribution >= 0.6 is 0 Å². The van der Waals surface area contributed by atoms with Gasteiger partial charge in [-0.2, -0.15) is 5.26 Å². The van der Waals surface area contributed by atoms with E-state index in [1.807, 2.05) is 17.0 Å². The van der Waals surface area contributed by atoms with Gasteiger partial charge in [-0.1, -0.05) is 19.1 Å². The van der Waals surface area contributed by atoms with Crippen LogP contribution in [0, 0.1) is 17.2 Å². The Labute approximate surface area is 114 Å². The maximum Gasteiger partial charge on any atom is 0.227 e. The van der Waals surface area contributed by atoms with Crippen LogP contribution in [0.3, 0.4) is 0 Å². The van der Waals surface area contributed by atoms with Gasteiger partial charge in [0.2, 0.25) is 5.91 Å². The number of nitriles is 1. The number of nitrogens with zero attached hydrogens (tertiary/aromatic N) is 2. The standard InChI is InChI=1S/C16H20N2O/c1-12-7-8-18(13(2)9-12)16(19)10-14-3-5-15(11-17)6-4-14/h3-6,12-13H,7-10H2,1-2H3. The number of hydrogen-bond donors (Lipinski definition) is 0. The average Bonchev–Trinajstić information content (AvgIpc) is 2.39. The van der Waals surface area contributed by atoms with Gasteiger partial charge in [-0.3, -0.25) is 4.79 Å². The van der Waals surface area contributed by atoms with Crippen molar-refractivity contribution in [2.24, 2.45) is 5.92 Å². The topological polar surface area (TPSA) is 44.1 Å². The van der Waals surface area contributed by atoms with E-state index in [9.17, 15) is 4.79 Å². The van der Waals surface area contributed by atoms with E-state index in [-0.39, 0.29) is 5.91 Å². The lowest BCUT2D eigenvalue weighted by Crippen LogP contribution is -2.44. The third kappa shape index (κ3) is 3.35. The van der Waals surface area contributed by atoms with Crippen LogP contribution in [0.25, 0.3) is 0 Å². The highest BCUT2D eigenvalue weighted by molar-refractivity contribution is 5.79. The first-order valence-electron chi connectivity index (χ1n) is 6.88. The number of carbonyl (C=O) groups is 1. The number of hydrogen-bond acceptors (Lipinski definition) is 2. The molecule has 1 amide bonds. The van der Waals surface area contributed by atoms with Crippen LogP contribution in [0.15, 0.2) is 24.3 Å². The molecular formula is C16H20N2O. The Morgan fingerprint density at radius 1 is 1.37 bits per heavy atom. The SMILES string of the molecule is CC1CCN(C(=O)Cc2ccc(C#N)cc2)C(C)C1. The number of likely N-dealkylation sites (tertiary alicyclic amines) is 1. The van der Waals surface area contributed by atoms with Crippen molar-refractivity contribution < 1.29 is 4.79 Å². The number of piperidine rings is 1. The number of amides is 1. The first-order valence-corrected chi connectivity index (χ1v) is 6.88. The molecule has 1 aromatic carbocycles. The quantitative estimate of drug-likeness (QED) is 0.816. The van der Waals surface area contributed by atoms with Gasteiger partial charge in [0, 0.05) is 12.6 Å². The van der Waals surface area contributed by atoms with Crippen LogP contribution in [-0.4, -0.2) is 23.4 Å². The number of carbonyl (C=O) groups excluding carboxylic acids is 1. The fourth-order valence-electron chi connectivity index (χ4n) is 2.75. The molecule has 1 saturated heterocycles. The van der Waals surface area contributed by atoms with Crippen LogP contribution in [-0.2, 0) is 11.2 Å². The van der Waals surface area contributed by atoms with Gasteiger partial charge < -0.3 is 4.90 Å². The van der Waals surface area contributed by atoms with E-state index in [1.54, 1.807) is 12.1 Å². The van der Waals surface area contributed by atoms with Gasteiger partial charge in [0.15, 0.2) is 0 Å². The fraction of sp³-hybridized carbons (Fsp3) is 0.500. The van der Waals surface area contributed by atoms with Crippen molar-refractivity contribution in [3.63, 3.8) is 0 Å². The van der Waals surface area contributed by atoms with Gasteiger partial charge in [0.25, 0.3) is 0 Å². The molecule has 0 aromatic heterocycles. The zero-order valence-corrected chi connectivity index (χ0v) is 11.6. The summed E-state index contributed by atoms with van der Waals surface area (Å²) in [6.07, 6.45) is 2.63. The van der Waals surface area contributed by atoms with E-state index in [1.165, 1.54) is 0 Å². The molecule has 3 heteroatoms. The van der Waals surface area contributed by atoms with Gasteiger partial charge in [0.05, 0.1) is 18.1 Å². The molecule has 100 valence electrons. The lowest BCUT2D eigenvalue weighted by molar-refractivity contribution is -0.134. The molecule has 0 radical (unpaired) electrons. The van der Waals surface area contributed by atoms with Gasteiger partial charge >= 0.3 is 0 Å². The van der Waals surface area contributed by atoms with Crippen molar-refractivity contribution in [1.82, 2.24) is 4.90 Å². The van der Waals surface area contributed by atoms with Crippen LogP contribution in [0.5, 0.6) is 0 Å². The summed E-state index contributed by atoms with van der Waals surface area (Å²) in [6.45, 7) is 5.25. The monoisotopic (exact) mass is 256 g/mol. The van der Waals surface area contributed by atoms with Gasteiger partial charge in [-0.05, 0) is 43.4 Å². The molecular weight excluding hydrogens is 236 g/mol. The first kappa shape index (κ1) is 13.6. The van der Waals surface area contributed by atoms with Crippen molar-refractivity contribution in [1.29, 1.82) is 5.26 Å². The zero-order valence-electron chi connectivity index (χ0n) is 11.6. The normalized spacial score (nSPS) is 22.9. The lowest BCUT2D eigenvalue weighted by atomic mass is 9.93. The summed E-state index contributed by atoms with van der Waals surface area (Å²) in [5.41, 5.74) is 1.62. The van der Waals surface area contributed by atoms with Crippen LogP contribution in [0.4, 0.5) is 0 Å². The minimum absolute atomic E-state index is 0.198. The van der Waals surface area contributed by atoms with E-state index in [0.29, 0.717) is 23.9 Å². The summed E-state index contributed by atoms with van der Waals surface area (Å²) in [4.78, 5) is 14.3. The van der Waals surface area contributed by atoms with Crippen molar-refractivity contribution in [3.8, 4) is 6.07 Å². The highest BCUT2D eigenvalue weighted by Gasteiger charge is 2.26. The molecule has 0 bridgehead atoms. The fourth-order valence-corrected chi connectivity index (χ4v) is 2.75.